The Bertz CT molecular complexity index is 496. The molecule has 0 spiro atoms. The molecule has 21 heavy (non-hydrogen) atoms. The molecule has 5 nitrogen and oxygen atoms in total. The summed E-state index contributed by atoms with van der Waals surface area (Å²) in [6, 6.07) is 5.19. The molecular formula is C15H21ClN2O3. The molecule has 2 unspecified atom stereocenters. The summed E-state index contributed by atoms with van der Waals surface area (Å²) in [7, 11) is 1.56. The van der Waals surface area contributed by atoms with Crippen LogP contribution in [0.5, 0.6) is 5.75 Å². The Morgan fingerprint density at radius 3 is 3.00 bits per heavy atom. The van der Waals surface area contributed by atoms with Gasteiger partial charge in [0.25, 0.3) is 0 Å². The first-order valence-corrected chi connectivity index (χ1v) is 7.49. The smallest absolute Gasteiger partial charge is 0.231 e. The lowest BCUT2D eigenvalue weighted by molar-refractivity contribution is -0.120. The van der Waals surface area contributed by atoms with Crippen LogP contribution in [0.25, 0.3) is 0 Å². The Morgan fingerprint density at radius 1 is 1.48 bits per heavy atom. The average molecular weight is 313 g/mol. The van der Waals surface area contributed by atoms with E-state index in [-0.39, 0.29) is 17.9 Å². The Labute approximate surface area is 130 Å². The van der Waals surface area contributed by atoms with Gasteiger partial charge < -0.3 is 20.1 Å². The van der Waals surface area contributed by atoms with Gasteiger partial charge in [0.05, 0.1) is 31.9 Å². The fraction of sp³-hybridized carbons (Fsp3) is 0.533. The van der Waals surface area contributed by atoms with Gasteiger partial charge in [-0.3, -0.25) is 4.79 Å². The second-order valence-corrected chi connectivity index (χ2v) is 5.47. The van der Waals surface area contributed by atoms with Crippen LogP contribution in [0.15, 0.2) is 18.2 Å². The number of anilines is 1. The standard InChI is InChI=1S/C15H21ClN2O3/c1-3-6-17-13-9-21-8-11(13)15(19)18-12-7-10(16)4-5-14(12)20-2/h4-5,7,11,13,17H,3,6,8-9H2,1-2H3,(H,18,19). The fourth-order valence-electron chi connectivity index (χ4n) is 2.35. The van der Waals surface area contributed by atoms with Crippen LogP contribution in [0.4, 0.5) is 5.69 Å². The van der Waals surface area contributed by atoms with E-state index in [1.807, 2.05) is 0 Å². The molecule has 0 aliphatic carbocycles. The van der Waals surface area contributed by atoms with E-state index in [4.69, 9.17) is 21.1 Å². The molecule has 6 heteroatoms. The predicted molar refractivity (Wildman–Crippen MR) is 83.0 cm³/mol. The number of rotatable bonds is 6. The van der Waals surface area contributed by atoms with Gasteiger partial charge in [-0.05, 0) is 31.2 Å². The lowest BCUT2D eigenvalue weighted by Gasteiger charge is -2.19. The molecule has 2 atom stereocenters. The monoisotopic (exact) mass is 312 g/mol. The van der Waals surface area contributed by atoms with Gasteiger partial charge >= 0.3 is 0 Å². The van der Waals surface area contributed by atoms with Crippen LogP contribution in [0, 0.1) is 5.92 Å². The zero-order chi connectivity index (χ0) is 15.2. The molecule has 116 valence electrons. The van der Waals surface area contributed by atoms with Crippen LogP contribution < -0.4 is 15.4 Å². The van der Waals surface area contributed by atoms with Gasteiger partial charge in [-0.2, -0.15) is 0 Å². The molecule has 0 saturated carbocycles. The fourth-order valence-corrected chi connectivity index (χ4v) is 2.52. The van der Waals surface area contributed by atoms with E-state index in [1.165, 1.54) is 0 Å². The molecule has 1 aliphatic heterocycles. The normalized spacial score (nSPS) is 21.3. The maximum Gasteiger partial charge on any atom is 0.231 e. The predicted octanol–water partition coefficient (Wildman–Crippen LogP) is 2.30. The van der Waals surface area contributed by atoms with Crippen molar-refractivity contribution in [1.82, 2.24) is 5.32 Å². The third-order valence-corrected chi connectivity index (χ3v) is 3.73. The van der Waals surface area contributed by atoms with Gasteiger partial charge in [0.15, 0.2) is 0 Å². The molecule has 1 heterocycles. The van der Waals surface area contributed by atoms with Gasteiger partial charge in [-0.25, -0.2) is 0 Å². The zero-order valence-corrected chi connectivity index (χ0v) is 13.1. The van der Waals surface area contributed by atoms with E-state index in [9.17, 15) is 4.79 Å². The van der Waals surface area contributed by atoms with E-state index < -0.39 is 0 Å². The minimum absolute atomic E-state index is 0.0510. The van der Waals surface area contributed by atoms with Crippen molar-refractivity contribution in [3.63, 3.8) is 0 Å². The number of halogens is 1. The van der Waals surface area contributed by atoms with Crippen molar-refractivity contribution in [3.8, 4) is 5.75 Å². The van der Waals surface area contributed by atoms with E-state index in [0.717, 1.165) is 13.0 Å². The summed E-state index contributed by atoms with van der Waals surface area (Å²) in [4.78, 5) is 12.4. The Kier molecular flexibility index (Phi) is 5.85. The highest BCUT2D eigenvalue weighted by atomic mass is 35.5. The summed E-state index contributed by atoms with van der Waals surface area (Å²) in [6.45, 7) is 3.95. The van der Waals surface area contributed by atoms with Crippen molar-refractivity contribution in [2.45, 2.75) is 19.4 Å². The average Bonchev–Trinajstić information content (AvgIpc) is 2.94. The highest BCUT2D eigenvalue weighted by Crippen LogP contribution is 2.28. The quantitative estimate of drug-likeness (QED) is 0.846. The first-order valence-electron chi connectivity index (χ1n) is 7.11. The van der Waals surface area contributed by atoms with E-state index in [2.05, 4.69) is 17.6 Å². The number of benzene rings is 1. The van der Waals surface area contributed by atoms with Crippen molar-refractivity contribution >= 4 is 23.2 Å². The summed E-state index contributed by atoms with van der Waals surface area (Å²) in [5.41, 5.74) is 0.580. The molecule has 2 N–H and O–H groups in total. The summed E-state index contributed by atoms with van der Waals surface area (Å²) >= 11 is 5.97. The maximum atomic E-state index is 12.4. The second kappa shape index (κ2) is 7.64. The van der Waals surface area contributed by atoms with Crippen LogP contribution in [0.2, 0.25) is 5.02 Å². The van der Waals surface area contributed by atoms with E-state index >= 15 is 0 Å². The van der Waals surface area contributed by atoms with Crippen molar-refractivity contribution in [3.05, 3.63) is 23.2 Å². The topological polar surface area (TPSA) is 59.6 Å². The molecule has 1 aromatic carbocycles. The van der Waals surface area contributed by atoms with Crippen molar-refractivity contribution < 1.29 is 14.3 Å². The first kappa shape index (κ1) is 16.1. The van der Waals surface area contributed by atoms with Gasteiger partial charge in [0, 0.05) is 11.1 Å². The molecule has 1 fully saturated rings. The van der Waals surface area contributed by atoms with Gasteiger partial charge in [0.1, 0.15) is 5.75 Å². The molecule has 1 saturated heterocycles. The lowest BCUT2D eigenvalue weighted by atomic mass is 10.0. The summed E-state index contributed by atoms with van der Waals surface area (Å²) in [6.07, 6.45) is 1.02. The Balaban J connectivity index is 2.05. The molecule has 1 aliphatic rings. The number of nitrogens with one attached hydrogen (secondary N) is 2. The SMILES string of the molecule is CCCNC1COCC1C(=O)Nc1cc(Cl)ccc1OC. The highest BCUT2D eigenvalue weighted by molar-refractivity contribution is 6.31. The van der Waals surface area contributed by atoms with Crippen molar-refractivity contribution in [2.75, 3.05) is 32.2 Å². The Hall–Kier alpha value is -1.30. The molecule has 0 aromatic heterocycles. The first-order chi connectivity index (χ1) is 10.2. The molecular weight excluding hydrogens is 292 g/mol. The van der Waals surface area contributed by atoms with E-state index in [1.54, 1.807) is 25.3 Å². The number of amides is 1. The summed E-state index contributed by atoms with van der Waals surface area (Å²) < 4.78 is 10.7. The van der Waals surface area contributed by atoms with Crippen LogP contribution in [0.1, 0.15) is 13.3 Å². The highest BCUT2D eigenvalue weighted by Gasteiger charge is 2.33. The number of carbonyl (C=O) groups excluding carboxylic acids is 1. The number of methoxy groups -OCH3 is 1. The van der Waals surface area contributed by atoms with Crippen LogP contribution >= 0.6 is 11.6 Å². The molecule has 1 amide bonds. The summed E-state index contributed by atoms with van der Waals surface area (Å²) in [5.74, 6) is 0.298. The van der Waals surface area contributed by atoms with Crippen molar-refractivity contribution in [1.29, 1.82) is 0 Å². The molecule has 2 rings (SSSR count). The summed E-state index contributed by atoms with van der Waals surface area (Å²) in [5, 5.41) is 6.78. The second-order valence-electron chi connectivity index (χ2n) is 5.04. The largest absolute Gasteiger partial charge is 0.495 e. The van der Waals surface area contributed by atoms with E-state index in [0.29, 0.717) is 29.7 Å². The van der Waals surface area contributed by atoms with Gasteiger partial charge in [0.2, 0.25) is 5.91 Å². The third kappa shape index (κ3) is 4.09. The lowest BCUT2D eigenvalue weighted by Crippen LogP contribution is -2.41. The van der Waals surface area contributed by atoms with Crippen LogP contribution in [-0.2, 0) is 9.53 Å². The van der Waals surface area contributed by atoms with Crippen molar-refractivity contribution in [2.24, 2.45) is 5.92 Å². The third-order valence-electron chi connectivity index (χ3n) is 3.49. The number of ether oxygens (including phenoxy) is 2. The van der Waals surface area contributed by atoms with Crippen LogP contribution in [-0.4, -0.2) is 38.8 Å². The Morgan fingerprint density at radius 2 is 2.29 bits per heavy atom. The number of hydrogen-bond donors (Lipinski definition) is 2. The minimum atomic E-state index is -0.208. The molecule has 0 bridgehead atoms. The zero-order valence-electron chi connectivity index (χ0n) is 12.3. The van der Waals surface area contributed by atoms with Gasteiger partial charge in [-0.15, -0.1) is 0 Å². The maximum absolute atomic E-state index is 12.4. The molecule has 1 aromatic rings. The number of carbonyl (C=O) groups is 1. The number of hydrogen-bond acceptors (Lipinski definition) is 4. The van der Waals surface area contributed by atoms with Crippen LogP contribution in [0.3, 0.4) is 0 Å². The minimum Gasteiger partial charge on any atom is -0.495 e. The van der Waals surface area contributed by atoms with Gasteiger partial charge in [-0.1, -0.05) is 18.5 Å². The molecule has 0 radical (unpaired) electrons.